The molecule has 0 unspecified atom stereocenters. The number of H-pyrrole nitrogens is 1. The third-order valence-electron chi connectivity index (χ3n) is 3.22. The first kappa shape index (κ1) is 14.6. The fourth-order valence-electron chi connectivity index (χ4n) is 2.15. The lowest BCUT2D eigenvalue weighted by Crippen LogP contribution is -2.13. The predicted octanol–water partition coefficient (Wildman–Crippen LogP) is 2.75. The first-order valence-corrected chi connectivity index (χ1v) is 6.61. The van der Waals surface area contributed by atoms with Crippen LogP contribution in [-0.4, -0.2) is 24.0 Å². The minimum atomic E-state index is -0.367. The molecule has 0 amide bonds. The number of aryl methyl sites for hydroxylation is 1. The Morgan fingerprint density at radius 1 is 1.24 bits per heavy atom. The molecule has 1 aromatic carbocycles. The standard InChI is InChI=1S/C17H17N3O/c1-12-6-4-5-7-13(12)16-11-19-17(21)15(10-18)14(16)8-9-20(2)3/h4-9,11H,1-3H3,(H,19,21). The topological polar surface area (TPSA) is 59.9 Å². The Labute approximate surface area is 124 Å². The van der Waals surface area contributed by atoms with Crippen molar-refractivity contribution in [2.24, 2.45) is 0 Å². The second-order valence-electron chi connectivity index (χ2n) is 5.03. The molecular formula is C17H17N3O. The maximum atomic E-state index is 11.9. The number of aromatic amines is 1. The molecular weight excluding hydrogens is 262 g/mol. The molecule has 2 rings (SSSR count). The molecule has 0 radical (unpaired) electrons. The molecule has 0 aliphatic carbocycles. The van der Waals surface area contributed by atoms with E-state index in [2.05, 4.69) is 4.98 Å². The number of nitrogens with one attached hydrogen (secondary N) is 1. The molecule has 0 aliphatic heterocycles. The smallest absolute Gasteiger partial charge is 0.266 e. The molecule has 2 aromatic rings. The van der Waals surface area contributed by atoms with Crippen LogP contribution in [0.4, 0.5) is 0 Å². The van der Waals surface area contributed by atoms with Gasteiger partial charge in [-0.15, -0.1) is 0 Å². The van der Waals surface area contributed by atoms with Crippen LogP contribution < -0.4 is 5.56 Å². The molecule has 1 aromatic heterocycles. The summed E-state index contributed by atoms with van der Waals surface area (Å²) in [4.78, 5) is 16.4. The van der Waals surface area contributed by atoms with E-state index in [1.165, 1.54) is 0 Å². The monoisotopic (exact) mass is 279 g/mol. The second-order valence-corrected chi connectivity index (χ2v) is 5.03. The third kappa shape index (κ3) is 3.03. The number of hydrogen-bond donors (Lipinski definition) is 1. The van der Waals surface area contributed by atoms with Crippen LogP contribution in [-0.2, 0) is 0 Å². The minimum Gasteiger partial charge on any atom is -0.383 e. The van der Waals surface area contributed by atoms with Crippen LogP contribution in [0.25, 0.3) is 17.2 Å². The molecule has 0 fully saturated rings. The molecule has 106 valence electrons. The van der Waals surface area contributed by atoms with Crippen LogP contribution in [0.15, 0.2) is 41.5 Å². The molecule has 4 nitrogen and oxygen atoms in total. The predicted molar refractivity (Wildman–Crippen MR) is 84.7 cm³/mol. The normalized spacial score (nSPS) is 10.6. The van der Waals surface area contributed by atoms with Gasteiger partial charge >= 0.3 is 0 Å². The van der Waals surface area contributed by atoms with E-state index in [0.717, 1.165) is 16.7 Å². The lowest BCUT2D eigenvalue weighted by Gasteiger charge is -2.11. The number of nitrogens with zero attached hydrogens (tertiary/aromatic N) is 2. The highest BCUT2D eigenvalue weighted by Gasteiger charge is 2.13. The van der Waals surface area contributed by atoms with Crippen molar-refractivity contribution < 1.29 is 0 Å². The summed E-state index contributed by atoms with van der Waals surface area (Å²) < 4.78 is 0. The van der Waals surface area contributed by atoms with E-state index in [9.17, 15) is 10.1 Å². The van der Waals surface area contributed by atoms with Crippen molar-refractivity contribution in [3.8, 4) is 17.2 Å². The van der Waals surface area contributed by atoms with Crippen molar-refractivity contribution >= 4 is 6.08 Å². The Morgan fingerprint density at radius 2 is 1.95 bits per heavy atom. The average Bonchev–Trinajstić information content (AvgIpc) is 2.46. The Hall–Kier alpha value is -2.80. The highest BCUT2D eigenvalue weighted by atomic mass is 16.1. The van der Waals surface area contributed by atoms with E-state index in [1.807, 2.05) is 62.5 Å². The second kappa shape index (κ2) is 6.10. The lowest BCUT2D eigenvalue weighted by molar-refractivity contribution is 0.567. The number of rotatable bonds is 3. The van der Waals surface area contributed by atoms with E-state index in [-0.39, 0.29) is 11.1 Å². The minimum absolute atomic E-state index is 0.133. The first-order chi connectivity index (χ1) is 10.0. The Bertz CT molecular complexity index is 779. The van der Waals surface area contributed by atoms with Crippen molar-refractivity contribution in [2.45, 2.75) is 6.92 Å². The van der Waals surface area contributed by atoms with E-state index < -0.39 is 0 Å². The van der Waals surface area contributed by atoms with Crippen LogP contribution in [0.1, 0.15) is 16.7 Å². The highest BCUT2D eigenvalue weighted by molar-refractivity contribution is 5.79. The van der Waals surface area contributed by atoms with E-state index in [1.54, 1.807) is 12.3 Å². The molecule has 0 atom stereocenters. The zero-order valence-corrected chi connectivity index (χ0v) is 12.3. The number of aromatic nitrogens is 1. The molecule has 0 bridgehead atoms. The van der Waals surface area contributed by atoms with E-state index in [4.69, 9.17) is 0 Å². The molecule has 1 N–H and O–H groups in total. The molecule has 0 saturated carbocycles. The van der Waals surface area contributed by atoms with Gasteiger partial charge in [-0.05, 0) is 30.3 Å². The molecule has 1 heterocycles. The summed E-state index contributed by atoms with van der Waals surface area (Å²) in [6.45, 7) is 2.01. The van der Waals surface area contributed by atoms with Gasteiger partial charge in [-0.3, -0.25) is 4.79 Å². The highest BCUT2D eigenvalue weighted by Crippen LogP contribution is 2.27. The van der Waals surface area contributed by atoms with Crippen LogP contribution in [0.2, 0.25) is 0 Å². The van der Waals surface area contributed by atoms with Crippen LogP contribution >= 0.6 is 0 Å². The maximum absolute atomic E-state index is 11.9. The summed E-state index contributed by atoms with van der Waals surface area (Å²) in [7, 11) is 3.78. The number of benzene rings is 1. The van der Waals surface area contributed by atoms with Gasteiger partial charge in [0.1, 0.15) is 11.6 Å². The first-order valence-electron chi connectivity index (χ1n) is 6.61. The average molecular weight is 279 g/mol. The van der Waals surface area contributed by atoms with Crippen molar-refractivity contribution in [1.82, 2.24) is 9.88 Å². The summed E-state index contributed by atoms with van der Waals surface area (Å²) in [5.41, 5.74) is 3.35. The fraction of sp³-hybridized carbons (Fsp3) is 0.176. The summed E-state index contributed by atoms with van der Waals surface area (Å²) in [5.74, 6) is 0. The zero-order chi connectivity index (χ0) is 15.4. The lowest BCUT2D eigenvalue weighted by atomic mass is 9.95. The number of nitriles is 1. The van der Waals surface area contributed by atoms with Crippen LogP contribution in [0, 0.1) is 18.3 Å². The summed E-state index contributed by atoms with van der Waals surface area (Å²) in [5, 5.41) is 9.29. The van der Waals surface area contributed by atoms with Crippen molar-refractivity contribution in [3.05, 3.63) is 63.7 Å². The quantitative estimate of drug-likeness (QED) is 0.939. The molecule has 0 saturated heterocycles. The Balaban J connectivity index is 2.76. The fourth-order valence-corrected chi connectivity index (χ4v) is 2.15. The summed E-state index contributed by atoms with van der Waals surface area (Å²) >= 11 is 0. The summed E-state index contributed by atoms with van der Waals surface area (Å²) in [6, 6.07) is 9.90. The zero-order valence-electron chi connectivity index (χ0n) is 12.3. The number of hydrogen-bond acceptors (Lipinski definition) is 3. The van der Waals surface area contributed by atoms with Gasteiger partial charge in [0.15, 0.2) is 0 Å². The Kier molecular flexibility index (Phi) is 4.24. The van der Waals surface area contributed by atoms with Crippen LogP contribution in [0.5, 0.6) is 0 Å². The van der Waals surface area contributed by atoms with Crippen LogP contribution in [0.3, 0.4) is 0 Å². The molecule has 21 heavy (non-hydrogen) atoms. The third-order valence-corrected chi connectivity index (χ3v) is 3.22. The Morgan fingerprint density at radius 3 is 2.57 bits per heavy atom. The van der Waals surface area contributed by atoms with Crippen molar-refractivity contribution in [2.75, 3.05) is 14.1 Å². The summed E-state index contributed by atoms with van der Waals surface area (Å²) in [6.07, 6.45) is 5.30. The van der Waals surface area contributed by atoms with Gasteiger partial charge in [-0.2, -0.15) is 5.26 Å². The van der Waals surface area contributed by atoms with Gasteiger partial charge in [0.05, 0.1) is 0 Å². The van der Waals surface area contributed by atoms with E-state index >= 15 is 0 Å². The van der Waals surface area contributed by atoms with Gasteiger partial charge in [-0.1, -0.05) is 24.3 Å². The molecule has 4 heteroatoms. The van der Waals surface area contributed by atoms with Crippen molar-refractivity contribution in [3.63, 3.8) is 0 Å². The maximum Gasteiger partial charge on any atom is 0.266 e. The molecule has 0 aliphatic rings. The van der Waals surface area contributed by atoms with E-state index in [0.29, 0.717) is 5.56 Å². The van der Waals surface area contributed by atoms with Crippen molar-refractivity contribution in [1.29, 1.82) is 5.26 Å². The largest absolute Gasteiger partial charge is 0.383 e. The van der Waals surface area contributed by atoms with Gasteiger partial charge in [0, 0.05) is 31.4 Å². The van der Waals surface area contributed by atoms with Gasteiger partial charge in [-0.25, -0.2) is 0 Å². The van der Waals surface area contributed by atoms with Gasteiger partial charge in [0.2, 0.25) is 0 Å². The number of pyridine rings is 1. The SMILES string of the molecule is Cc1ccccc1-c1c[nH]c(=O)c(C#N)c1C=CN(C)C. The van der Waals surface area contributed by atoms with Gasteiger partial charge in [0.25, 0.3) is 5.56 Å². The van der Waals surface area contributed by atoms with Gasteiger partial charge < -0.3 is 9.88 Å². The molecule has 0 spiro atoms.